The Morgan fingerprint density at radius 3 is 2.38 bits per heavy atom. The maximum absolute atomic E-state index is 13.5. The quantitative estimate of drug-likeness (QED) is 0.744. The van der Waals surface area contributed by atoms with Crippen LogP contribution in [0, 0.1) is 5.82 Å². The Bertz CT molecular complexity index is 790. The molecule has 2 aromatic carbocycles. The van der Waals surface area contributed by atoms with Gasteiger partial charge in [-0.25, -0.2) is 4.39 Å². The second-order valence-electron chi connectivity index (χ2n) is 5.48. The first-order valence-electron chi connectivity index (χ1n) is 7.98. The third-order valence-corrected chi connectivity index (χ3v) is 3.63. The summed E-state index contributed by atoms with van der Waals surface area (Å²) < 4.78 is 18.0. The van der Waals surface area contributed by atoms with Crippen LogP contribution in [0.3, 0.4) is 0 Å². The number of amides is 2. The van der Waals surface area contributed by atoms with Crippen LogP contribution in [0.25, 0.3) is 0 Å². The molecule has 0 saturated carbocycles. The minimum absolute atomic E-state index is 0.141. The molecule has 0 unspecified atom stereocenters. The number of esters is 1. The SMILES string of the molecule is COC(=O)CNC(=O)c1ccc(NC(=O)CCc2ccccc2F)cc1. The van der Waals surface area contributed by atoms with Gasteiger partial charge in [0.25, 0.3) is 5.91 Å². The number of hydrogen-bond donors (Lipinski definition) is 2. The molecule has 26 heavy (non-hydrogen) atoms. The molecule has 2 rings (SSSR count). The van der Waals surface area contributed by atoms with Gasteiger partial charge in [0.05, 0.1) is 7.11 Å². The molecule has 6 nitrogen and oxygen atoms in total. The van der Waals surface area contributed by atoms with E-state index in [1.807, 2.05) is 0 Å². The van der Waals surface area contributed by atoms with E-state index >= 15 is 0 Å². The second-order valence-corrected chi connectivity index (χ2v) is 5.48. The molecule has 7 heteroatoms. The molecule has 2 amide bonds. The molecular weight excluding hydrogens is 339 g/mol. The van der Waals surface area contributed by atoms with Crippen LogP contribution in [0.4, 0.5) is 10.1 Å². The lowest BCUT2D eigenvalue weighted by molar-refractivity contribution is -0.139. The predicted octanol–water partition coefficient (Wildman–Crippen LogP) is 2.30. The van der Waals surface area contributed by atoms with Gasteiger partial charge in [0, 0.05) is 17.7 Å². The molecule has 0 aliphatic rings. The normalized spacial score (nSPS) is 10.1. The molecule has 0 radical (unpaired) electrons. The number of nitrogens with one attached hydrogen (secondary N) is 2. The Morgan fingerprint density at radius 2 is 1.73 bits per heavy atom. The minimum Gasteiger partial charge on any atom is -0.468 e. The number of carbonyl (C=O) groups is 3. The van der Waals surface area contributed by atoms with Crippen molar-refractivity contribution >= 4 is 23.5 Å². The maximum Gasteiger partial charge on any atom is 0.325 e. The first kappa shape index (κ1) is 19.1. The number of rotatable bonds is 7. The lowest BCUT2D eigenvalue weighted by atomic mass is 10.1. The second kappa shape index (κ2) is 9.31. The number of ether oxygens (including phenoxy) is 1. The number of halogens is 1. The number of anilines is 1. The van der Waals surface area contributed by atoms with Crippen LogP contribution in [0.5, 0.6) is 0 Å². The molecule has 136 valence electrons. The third-order valence-electron chi connectivity index (χ3n) is 3.63. The summed E-state index contributed by atoms with van der Waals surface area (Å²) in [6.45, 7) is -0.218. The number of benzene rings is 2. The fraction of sp³-hybridized carbons (Fsp3) is 0.211. The molecule has 0 bridgehead atoms. The van der Waals surface area contributed by atoms with Crippen LogP contribution in [-0.2, 0) is 20.7 Å². The monoisotopic (exact) mass is 358 g/mol. The van der Waals surface area contributed by atoms with Crippen LogP contribution < -0.4 is 10.6 Å². The average Bonchev–Trinajstić information content (AvgIpc) is 2.65. The molecule has 0 spiro atoms. The van der Waals surface area contributed by atoms with Crippen molar-refractivity contribution in [3.05, 3.63) is 65.5 Å². The maximum atomic E-state index is 13.5. The van der Waals surface area contributed by atoms with Gasteiger partial charge in [0.1, 0.15) is 12.4 Å². The Morgan fingerprint density at radius 1 is 1.04 bits per heavy atom. The van der Waals surface area contributed by atoms with E-state index < -0.39 is 11.9 Å². The van der Waals surface area contributed by atoms with Gasteiger partial charge in [-0.1, -0.05) is 18.2 Å². The van der Waals surface area contributed by atoms with E-state index in [1.165, 1.54) is 25.3 Å². The van der Waals surface area contributed by atoms with Crippen LogP contribution >= 0.6 is 0 Å². The van der Waals surface area contributed by atoms with E-state index in [4.69, 9.17) is 0 Å². The summed E-state index contributed by atoms with van der Waals surface area (Å²) in [6, 6.07) is 12.5. The molecule has 0 aliphatic heterocycles. The number of aryl methyl sites for hydroxylation is 1. The molecule has 0 atom stereocenters. The summed E-state index contributed by atoms with van der Waals surface area (Å²) in [4.78, 5) is 34.8. The van der Waals surface area contributed by atoms with Crippen molar-refractivity contribution in [1.29, 1.82) is 0 Å². The Balaban J connectivity index is 1.84. The molecule has 2 aromatic rings. The highest BCUT2D eigenvalue weighted by molar-refractivity contribution is 5.97. The van der Waals surface area contributed by atoms with Crippen molar-refractivity contribution in [3.63, 3.8) is 0 Å². The molecular formula is C19H19FN2O4. The van der Waals surface area contributed by atoms with Gasteiger partial charge in [-0.3, -0.25) is 14.4 Å². The van der Waals surface area contributed by atoms with Crippen molar-refractivity contribution in [3.8, 4) is 0 Å². The zero-order chi connectivity index (χ0) is 18.9. The highest BCUT2D eigenvalue weighted by atomic mass is 19.1. The highest BCUT2D eigenvalue weighted by Crippen LogP contribution is 2.12. The van der Waals surface area contributed by atoms with Crippen LogP contribution in [-0.4, -0.2) is 31.4 Å². The summed E-state index contributed by atoms with van der Waals surface area (Å²) in [5, 5.41) is 5.11. The molecule has 0 saturated heterocycles. The summed E-state index contributed by atoms with van der Waals surface area (Å²) in [7, 11) is 1.23. The van der Waals surface area contributed by atoms with Crippen molar-refractivity contribution in [2.24, 2.45) is 0 Å². The van der Waals surface area contributed by atoms with Crippen LogP contribution in [0.2, 0.25) is 0 Å². The van der Waals surface area contributed by atoms with Gasteiger partial charge >= 0.3 is 5.97 Å². The summed E-state index contributed by atoms with van der Waals surface area (Å²) in [5.41, 5.74) is 1.35. The first-order chi connectivity index (χ1) is 12.5. The van der Waals surface area contributed by atoms with E-state index in [9.17, 15) is 18.8 Å². The van der Waals surface area contributed by atoms with E-state index in [2.05, 4.69) is 15.4 Å². The summed E-state index contributed by atoms with van der Waals surface area (Å²) in [5.74, 6) is -1.55. The molecule has 0 aromatic heterocycles. The average molecular weight is 358 g/mol. The van der Waals surface area contributed by atoms with Gasteiger partial charge in [-0.05, 0) is 42.3 Å². The predicted molar refractivity (Wildman–Crippen MR) is 94.1 cm³/mol. The third kappa shape index (κ3) is 5.70. The van der Waals surface area contributed by atoms with Crippen LogP contribution in [0.1, 0.15) is 22.3 Å². The number of carbonyl (C=O) groups excluding carboxylic acids is 3. The summed E-state index contributed by atoms with van der Waals surface area (Å²) >= 11 is 0. The lowest BCUT2D eigenvalue weighted by Gasteiger charge is -2.08. The highest BCUT2D eigenvalue weighted by Gasteiger charge is 2.09. The van der Waals surface area contributed by atoms with E-state index in [1.54, 1.807) is 30.3 Å². The van der Waals surface area contributed by atoms with Gasteiger partial charge in [-0.15, -0.1) is 0 Å². The first-order valence-corrected chi connectivity index (χ1v) is 7.98. The van der Waals surface area contributed by atoms with Crippen molar-refractivity contribution in [2.45, 2.75) is 12.8 Å². The topological polar surface area (TPSA) is 84.5 Å². The van der Waals surface area contributed by atoms with Gasteiger partial charge in [0.2, 0.25) is 5.91 Å². The Kier molecular flexibility index (Phi) is 6.84. The van der Waals surface area contributed by atoms with Crippen molar-refractivity contribution in [1.82, 2.24) is 5.32 Å². The van der Waals surface area contributed by atoms with Crippen LogP contribution in [0.15, 0.2) is 48.5 Å². The van der Waals surface area contributed by atoms with Crippen molar-refractivity contribution in [2.75, 3.05) is 19.0 Å². The lowest BCUT2D eigenvalue weighted by Crippen LogP contribution is -2.30. The minimum atomic E-state index is -0.544. The van der Waals surface area contributed by atoms with Gasteiger partial charge in [0.15, 0.2) is 0 Å². The number of hydrogen-bond acceptors (Lipinski definition) is 4. The zero-order valence-electron chi connectivity index (χ0n) is 14.3. The molecule has 0 fully saturated rings. The fourth-order valence-electron chi connectivity index (χ4n) is 2.20. The summed E-state index contributed by atoms with van der Waals surface area (Å²) in [6.07, 6.45) is 0.439. The fourth-order valence-corrected chi connectivity index (χ4v) is 2.20. The Labute approximate surface area is 150 Å². The molecule has 2 N–H and O–H groups in total. The van der Waals surface area contributed by atoms with E-state index in [-0.39, 0.29) is 24.7 Å². The smallest absolute Gasteiger partial charge is 0.325 e. The molecule has 0 heterocycles. The number of methoxy groups -OCH3 is 1. The zero-order valence-corrected chi connectivity index (χ0v) is 14.3. The largest absolute Gasteiger partial charge is 0.468 e. The van der Waals surface area contributed by atoms with Gasteiger partial charge in [-0.2, -0.15) is 0 Å². The standard InChI is InChI=1S/C19H19FN2O4/c1-26-18(24)12-21-19(25)14-6-9-15(10-7-14)22-17(23)11-8-13-4-2-3-5-16(13)20/h2-7,9-10H,8,11-12H2,1H3,(H,21,25)(H,22,23). The van der Waals surface area contributed by atoms with E-state index in [0.29, 0.717) is 23.2 Å². The van der Waals surface area contributed by atoms with Crippen molar-refractivity contribution < 1.29 is 23.5 Å². The Hall–Kier alpha value is -3.22. The van der Waals surface area contributed by atoms with Gasteiger partial charge < -0.3 is 15.4 Å². The van der Waals surface area contributed by atoms with E-state index in [0.717, 1.165) is 0 Å². The molecule has 0 aliphatic carbocycles.